The summed E-state index contributed by atoms with van der Waals surface area (Å²) in [6.45, 7) is 18.5. The third-order valence-corrected chi connectivity index (χ3v) is 6.02. The van der Waals surface area contributed by atoms with Crippen molar-refractivity contribution in [3.8, 4) is 5.75 Å². The van der Waals surface area contributed by atoms with Gasteiger partial charge >= 0.3 is 0 Å². The van der Waals surface area contributed by atoms with Crippen molar-refractivity contribution >= 4 is 25.5 Å². The van der Waals surface area contributed by atoms with Crippen molar-refractivity contribution in [2.24, 2.45) is 10.8 Å². The number of para-hydroxylation sites is 1. The number of benzene rings is 1. The molecule has 1 aromatic carbocycles. The summed E-state index contributed by atoms with van der Waals surface area (Å²) in [7, 11) is -1.19. The molecule has 0 fully saturated rings. The molecule has 1 rings (SSSR count). The third-order valence-electron chi connectivity index (χ3n) is 4.01. The van der Waals surface area contributed by atoms with Crippen molar-refractivity contribution < 1.29 is 9.53 Å². The van der Waals surface area contributed by atoms with E-state index in [0.29, 0.717) is 29.4 Å². The molecule has 0 amide bonds. The lowest BCUT2D eigenvalue weighted by Gasteiger charge is -2.32. The lowest BCUT2D eigenvalue weighted by Crippen LogP contribution is -2.25. The second-order valence-electron chi connectivity index (χ2n) is 10.3. The van der Waals surface area contributed by atoms with E-state index in [0.717, 1.165) is 12.5 Å². The average molecular weight is 383 g/mol. The Morgan fingerprint density at radius 3 is 2.24 bits per heavy atom. The smallest absolute Gasteiger partial charge is 0.167 e. The van der Waals surface area contributed by atoms with E-state index in [9.17, 15) is 4.79 Å². The minimum atomic E-state index is -1.19. The van der Waals surface area contributed by atoms with E-state index in [-0.39, 0.29) is 16.6 Å². The molecule has 0 atom stereocenters. The van der Waals surface area contributed by atoms with Crippen LogP contribution < -0.4 is 4.74 Å². The summed E-state index contributed by atoms with van der Waals surface area (Å²) in [6, 6.07) is 6.51. The van der Waals surface area contributed by atoms with Crippen LogP contribution in [0.4, 0.5) is 0 Å². The number of halogens is 1. The SMILES string of the molecule is CC(C)(C)CC(C)(C)CC(=O)c1cccc(Cl)c1OCC[Si](C)(C)C. The monoisotopic (exact) mass is 382 g/mol. The molecule has 0 heterocycles. The van der Waals surface area contributed by atoms with Crippen LogP contribution in [0.5, 0.6) is 5.75 Å². The molecule has 0 radical (unpaired) electrons. The molecule has 0 aliphatic carbocycles. The largest absolute Gasteiger partial charge is 0.492 e. The summed E-state index contributed by atoms with van der Waals surface area (Å²) in [5.41, 5.74) is 0.743. The first kappa shape index (κ1) is 22.2. The van der Waals surface area contributed by atoms with Gasteiger partial charge in [0.1, 0.15) is 5.75 Å². The van der Waals surface area contributed by atoms with Crippen LogP contribution in [0.2, 0.25) is 30.7 Å². The third kappa shape index (κ3) is 8.41. The van der Waals surface area contributed by atoms with Crippen LogP contribution in [0.25, 0.3) is 0 Å². The zero-order chi connectivity index (χ0) is 19.5. The molecule has 142 valence electrons. The van der Waals surface area contributed by atoms with Crippen molar-refractivity contribution in [2.45, 2.75) is 73.1 Å². The van der Waals surface area contributed by atoms with Crippen molar-refractivity contribution in [3.05, 3.63) is 28.8 Å². The van der Waals surface area contributed by atoms with Gasteiger partial charge in [0.15, 0.2) is 5.78 Å². The molecular weight excluding hydrogens is 348 g/mol. The van der Waals surface area contributed by atoms with E-state index < -0.39 is 8.07 Å². The predicted octanol–water partition coefficient (Wildman–Crippen LogP) is 7.09. The second kappa shape index (κ2) is 8.26. The van der Waals surface area contributed by atoms with Gasteiger partial charge in [0, 0.05) is 14.5 Å². The highest BCUT2D eigenvalue weighted by atomic mass is 35.5. The van der Waals surface area contributed by atoms with Crippen molar-refractivity contribution in [2.75, 3.05) is 6.61 Å². The number of carbonyl (C=O) groups is 1. The van der Waals surface area contributed by atoms with Gasteiger partial charge in [-0.15, -0.1) is 0 Å². The summed E-state index contributed by atoms with van der Waals surface area (Å²) in [5.74, 6) is 0.665. The summed E-state index contributed by atoms with van der Waals surface area (Å²) >= 11 is 6.34. The molecule has 0 bridgehead atoms. The summed E-state index contributed by atoms with van der Waals surface area (Å²) in [5, 5.41) is 0.523. The van der Waals surface area contributed by atoms with E-state index in [1.807, 2.05) is 12.1 Å². The Hall–Kier alpha value is -0.803. The van der Waals surface area contributed by atoms with E-state index in [1.54, 1.807) is 6.07 Å². The highest BCUT2D eigenvalue weighted by Crippen LogP contribution is 2.38. The number of ether oxygens (including phenoxy) is 1. The molecule has 0 N–H and O–H groups in total. The quantitative estimate of drug-likeness (QED) is 0.354. The maximum atomic E-state index is 12.9. The number of hydrogen-bond donors (Lipinski definition) is 0. The molecule has 25 heavy (non-hydrogen) atoms. The second-order valence-corrected chi connectivity index (χ2v) is 16.3. The average Bonchev–Trinajstić information content (AvgIpc) is 2.35. The van der Waals surface area contributed by atoms with Gasteiger partial charge in [-0.05, 0) is 35.4 Å². The Kier molecular flexibility index (Phi) is 7.35. The van der Waals surface area contributed by atoms with Crippen LogP contribution in [-0.2, 0) is 0 Å². The molecule has 0 aliphatic rings. The lowest BCUT2D eigenvalue weighted by molar-refractivity contribution is 0.0894. The Labute approximate surface area is 160 Å². The topological polar surface area (TPSA) is 26.3 Å². The zero-order valence-electron chi connectivity index (χ0n) is 17.3. The van der Waals surface area contributed by atoms with Gasteiger partial charge in [-0.1, -0.05) is 71.9 Å². The Morgan fingerprint density at radius 1 is 1.12 bits per heavy atom. The van der Waals surface area contributed by atoms with E-state index in [4.69, 9.17) is 16.3 Å². The molecule has 0 unspecified atom stereocenters. The number of rotatable bonds is 8. The van der Waals surface area contributed by atoms with Gasteiger partial charge in [0.25, 0.3) is 0 Å². The van der Waals surface area contributed by atoms with Crippen LogP contribution in [-0.4, -0.2) is 20.5 Å². The first-order chi connectivity index (χ1) is 11.2. The van der Waals surface area contributed by atoms with Gasteiger partial charge in [-0.3, -0.25) is 4.79 Å². The van der Waals surface area contributed by atoms with Crippen LogP contribution >= 0.6 is 11.6 Å². The standard InChI is InChI=1S/C21H35ClO2Si/c1-20(2,3)15-21(4,5)14-18(23)16-10-9-11-17(22)19(16)24-12-13-25(6,7)8/h9-11H,12-15H2,1-8H3. The molecular formula is C21H35ClO2Si. The predicted molar refractivity (Wildman–Crippen MR) is 112 cm³/mol. The lowest BCUT2D eigenvalue weighted by atomic mass is 9.73. The molecule has 1 aromatic rings. The van der Waals surface area contributed by atoms with Gasteiger partial charge in [-0.2, -0.15) is 0 Å². The maximum absolute atomic E-state index is 12.9. The molecule has 0 aliphatic heterocycles. The van der Waals surface area contributed by atoms with Crippen LogP contribution in [0.1, 0.15) is 57.8 Å². The van der Waals surface area contributed by atoms with Gasteiger partial charge in [0.05, 0.1) is 17.2 Å². The molecule has 0 saturated heterocycles. The van der Waals surface area contributed by atoms with Crippen LogP contribution in [0.3, 0.4) is 0 Å². The fourth-order valence-corrected chi connectivity index (χ4v) is 4.31. The van der Waals surface area contributed by atoms with Gasteiger partial charge in [-0.25, -0.2) is 0 Å². The minimum absolute atomic E-state index is 0.0623. The first-order valence-corrected chi connectivity index (χ1v) is 13.2. The fraction of sp³-hybridized carbons (Fsp3) is 0.667. The van der Waals surface area contributed by atoms with Crippen molar-refractivity contribution in [3.63, 3.8) is 0 Å². The summed E-state index contributed by atoms with van der Waals surface area (Å²) in [6.07, 6.45) is 1.48. The zero-order valence-corrected chi connectivity index (χ0v) is 19.0. The normalized spacial score (nSPS) is 13.0. The van der Waals surface area contributed by atoms with Crippen LogP contribution in [0.15, 0.2) is 18.2 Å². The van der Waals surface area contributed by atoms with E-state index in [1.165, 1.54) is 0 Å². The Morgan fingerprint density at radius 2 is 1.72 bits per heavy atom. The molecule has 0 aromatic heterocycles. The maximum Gasteiger partial charge on any atom is 0.167 e. The highest BCUT2D eigenvalue weighted by Gasteiger charge is 2.29. The molecule has 0 saturated carbocycles. The fourth-order valence-electron chi connectivity index (χ4n) is 3.36. The van der Waals surface area contributed by atoms with Crippen molar-refractivity contribution in [1.82, 2.24) is 0 Å². The summed E-state index contributed by atoms with van der Waals surface area (Å²) in [4.78, 5) is 12.9. The van der Waals surface area contributed by atoms with Gasteiger partial charge in [0.2, 0.25) is 0 Å². The van der Waals surface area contributed by atoms with Crippen molar-refractivity contribution in [1.29, 1.82) is 0 Å². The first-order valence-electron chi connectivity index (χ1n) is 9.15. The highest BCUT2D eigenvalue weighted by molar-refractivity contribution is 6.76. The Bertz CT molecular complexity index is 595. The molecule has 4 heteroatoms. The van der Waals surface area contributed by atoms with E-state index in [2.05, 4.69) is 54.3 Å². The number of ketones is 1. The van der Waals surface area contributed by atoms with Crippen LogP contribution in [0, 0.1) is 10.8 Å². The summed E-state index contributed by atoms with van der Waals surface area (Å²) < 4.78 is 5.96. The molecule has 0 spiro atoms. The van der Waals surface area contributed by atoms with E-state index >= 15 is 0 Å². The minimum Gasteiger partial charge on any atom is -0.492 e. The Balaban J connectivity index is 2.93. The molecule has 2 nitrogen and oxygen atoms in total. The number of hydrogen-bond acceptors (Lipinski definition) is 2. The van der Waals surface area contributed by atoms with Gasteiger partial charge < -0.3 is 4.74 Å². The number of Topliss-reactive ketones (excluding diaryl/α,β-unsaturated/α-hetero) is 1. The number of carbonyl (C=O) groups excluding carboxylic acids is 1.